The van der Waals surface area contributed by atoms with Crippen LogP contribution < -0.4 is 0 Å². The Hall–Kier alpha value is -0.610. The first-order chi connectivity index (χ1) is 8.65. The summed E-state index contributed by atoms with van der Waals surface area (Å²) in [6, 6.07) is 0. The molecule has 0 aromatic rings. The second-order valence-electron chi connectivity index (χ2n) is 7.04. The Kier molecular flexibility index (Phi) is 5.39. The lowest BCUT2D eigenvalue weighted by Gasteiger charge is -2.54. The Labute approximate surface area is 116 Å². The number of hydrogen-bond donors (Lipinski definition) is 2. The number of unbranched alkanes of at least 4 members (excludes halogenated alkanes) is 2. The Balaban J connectivity index is 2.47. The third kappa shape index (κ3) is 4.77. The predicted octanol–water partition coefficient (Wildman–Crippen LogP) is 2.65. The molecule has 0 aromatic carbocycles. The fraction of sp³-hybridized carbons (Fsp3) is 0.933. The van der Waals surface area contributed by atoms with Gasteiger partial charge in [-0.2, -0.15) is 0 Å². The maximum atomic E-state index is 10.5. The first-order valence-corrected chi connectivity index (χ1v) is 7.33. The monoisotopic (exact) mass is 271 g/mol. The van der Waals surface area contributed by atoms with E-state index in [0.29, 0.717) is 0 Å². The van der Waals surface area contributed by atoms with Gasteiger partial charge in [0.2, 0.25) is 0 Å². The summed E-state index contributed by atoms with van der Waals surface area (Å²) in [5.41, 5.74) is 0.0158. The van der Waals surface area contributed by atoms with Crippen molar-refractivity contribution in [3.63, 3.8) is 0 Å². The van der Waals surface area contributed by atoms with Crippen molar-refractivity contribution in [1.29, 1.82) is 0 Å². The fourth-order valence-electron chi connectivity index (χ4n) is 3.59. The van der Waals surface area contributed by atoms with Gasteiger partial charge in [-0.1, -0.05) is 6.42 Å². The normalized spacial score (nSPS) is 23.4. The smallest absolute Gasteiger partial charge is 0.303 e. The van der Waals surface area contributed by atoms with Crippen LogP contribution in [0.3, 0.4) is 0 Å². The number of likely N-dealkylation sites (tertiary alicyclic amines) is 1. The zero-order valence-electron chi connectivity index (χ0n) is 12.8. The molecule has 0 aromatic heterocycles. The van der Waals surface area contributed by atoms with Gasteiger partial charge in [-0.3, -0.25) is 9.69 Å². The summed E-state index contributed by atoms with van der Waals surface area (Å²) in [6.07, 6.45) is 4.41. The summed E-state index contributed by atoms with van der Waals surface area (Å²) < 4.78 is 0. The highest BCUT2D eigenvalue weighted by Crippen LogP contribution is 2.38. The second kappa shape index (κ2) is 6.23. The van der Waals surface area contributed by atoms with Gasteiger partial charge >= 0.3 is 5.97 Å². The van der Waals surface area contributed by atoms with Crippen LogP contribution in [0.1, 0.15) is 66.2 Å². The van der Waals surface area contributed by atoms with Crippen molar-refractivity contribution in [2.45, 2.75) is 83.4 Å². The van der Waals surface area contributed by atoms with E-state index in [1.54, 1.807) is 0 Å². The Morgan fingerprint density at radius 2 is 1.63 bits per heavy atom. The maximum absolute atomic E-state index is 10.5. The lowest BCUT2D eigenvalue weighted by molar-refractivity contribution is -0.137. The first kappa shape index (κ1) is 16.4. The van der Waals surface area contributed by atoms with E-state index in [1.807, 2.05) is 0 Å². The fourth-order valence-corrected chi connectivity index (χ4v) is 3.59. The van der Waals surface area contributed by atoms with E-state index < -0.39 is 5.97 Å². The third-order valence-corrected chi connectivity index (χ3v) is 4.20. The third-order valence-electron chi connectivity index (χ3n) is 4.20. The molecule has 0 spiro atoms. The summed E-state index contributed by atoms with van der Waals surface area (Å²) in [7, 11) is 0. The lowest BCUT2D eigenvalue weighted by atomic mass is 9.78. The number of aliphatic carboxylic acids is 1. The van der Waals surface area contributed by atoms with Crippen molar-refractivity contribution in [1.82, 2.24) is 4.90 Å². The van der Waals surface area contributed by atoms with Crippen LogP contribution in [0.15, 0.2) is 0 Å². The Bertz CT molecular complexity index is 295. The summed E-state index contributed by atoms with van der Waals surface area (Å²) in [5.74, 6) is -0.707. The van der Waals surface area contributed by atoms with E-state index in [1.165, 1.54) is 0 Å². The molecule has 0 bridgehead atoms. The minimum absolute atomic E-state index is 0.00790. The lowest BCUT2D eigenvalue weighted by Crippen LogP contribution is -2.61. The molecule has 1 aliphatic heterocycles. The Morgan fingerprint density at radius 3 is 2.11 bits per heavy atom. The van der Waals surface area contributed by atoms with Crippen molar-refractivity contribution in [3.8, 4) is 0 Å². The first-order valence-electron chi connectivity index (χ1n) is 7.33. The number of carboxylic acid groups (broad SMARTS) is 1. The van der Waals surface area contributed by atoms with Gasteiger partial charge in [-0.15, -0.1) is 0 Å². The quantitative estimate of drug-likeness (QED) is 0.729. The highest BCUT2D eigenvalue weighted by molar-refractivity contribution is 5.66. The molecule has 19 heavy (non-hydrogen) atoms. The van der Waals surface area contributed by atoms with Crippen molar-refractivity contribution >= 4 is 5.97 Å². The van der Waals surface area contributed by atoms with Crippen molar-refractivity contribution in [2.24, 2.45) is 0 Å². The number of hydrogen-bond acceptors (Lipinski definition) is 3. The maximum Gasteiger partial charge on any atom is 0.303 e. The minimum Gasteiger partial charge on any atom is -0.481 e. The van der Waals surface area contributed by atoms with Gasteiger partial charge < -0.3 is 10.2 Å². The van der Waals surface area contributed by atoms with Gasteiger partial charge in [0, 0.05) is 17.5 Å². The van der Waals surface area contributed by atoms with Gasteiger partial charge in [0.15, 0.2) is 0 Å². The molecule has 0 radical (unpaired) electrons. The zero-order chi connectivity index (χ0) is 14.7. The molecule has 0 atom stereocenters. The Morgan fingerprint density at radius 1 is 1.11 bits per heavy atom. The molecule has 0 unspecified atom stereocenters. The SMILES string of the molecule is CC1(C)CC(O)CC(C)(C)N1CCCCCC(=O)O. The predicted molar refractivity (Wildman–Crippen MR) is 76.2 cm³/mol. The van der Waals surface area contributed by atoms with Crippen LogP contribution in [-0.4, -0.2) is 44.8 Å². The molecule has 1 saturated heterocycles. The topological polar surface area (TPSA) is 60.8 Å². The van der Waals surface area contributed by atoms with E-state index in [2.05, 4.69) is 32.6 Å². The minimum atomic E-state index is -0.707. The molecule has 1 heterocycles. The van der Waals surface area contributed by atoms with Gasteiger partial charge in [-0.05, 0) is 59.9 Å². The van der Waals surface area contributed by atoms with Crippen LogP contribution in [0.5, 0.6) is 0 Å². The van der Waals surface area contributed by atoms with Crippen LogP contribution in [0.2, 0.25) is 0 Å². The van der Waals surface area contributed by atoms with Crippen LogP contribution in [-0.2, 0) is 4.79 Å². The second-order valence-corrected chi connectivity index (χ2v) is 7.04. The largest absolute Gasteiger partial charge is 0.481 e. The number of carboxylic acids is 1. The van der Waals surface area contributed by atoms with Crippen molar-refractivity contribution < 1.29 is 15.0 Å². The number of aliphatic hydroxyl groups excluding tert-OH is 1. The highest BCUT2D eigenvalue weighted by Gasteiger charge is 2.44. The average Bonchev–Trinajstić information content (AvgIpc) is 2.18. The molecule has 112 valence electrons. The number of carbonyl (C=O) groups is 1. The summed E-state index contributed by atoms with van der Waals surface area (Å²) in [6.45, 7) is 9.73. The van der Waals surface area contributed by atoms with Crippen LogP contribution in [0, 0.1) is 0 Å². The molecule has 2 N–H and O–H groups in total. The molecule has 1 rings (SSSR count). The molecule has 0 aliphatic carbocycles. The molecule has 4 heteroatoms. The average molecular weight is 271 g/mol. The highest BCUT2D eigenvalue weighted by atomic mass is 16.4. The molecule has 1 fully saturated rings. The number of rotatable bonds is 6. The standard InChI is InChI=1S/C15H29NO3/c1-14(2)10-12(17)11-15(3,4)16(14)9-7-5-6-8-13(18)19/h12,17H,5-11H2,1-4H3,(H,18,19). The van der Waals surface area contributed by atoms with E-state index in [4.69, 9.17) is 5.11 Å². The number of piperidine rings is 1. The van der Waals surface area contributed by atoms with Gasteiger partial charge in [0.05, 0.1) is 6.10 Å². The summed E-state index contributed by atoms with van der Waals surface area (Å²) in [5, 5.41) is 18.6. The van der Waals surface area contributed by atoms with E-state index in [0.717, 1.165) is 38.6 Å². The number of aliphatic hydroxyl groups is 1. The van der Waals surface area contributed by atoms with Gasteiger partial charge in [-0.25, -0.2) is 0 Å². The van der Waals surface area contributed by atoms with Crippen LogP contribution in [0.25, 0.3) is 0 Å². The van der Waals surface area contributed by atoms with Gasteiger partial charge in [0.25, 0.3) is 0 Å². The van der Waals surface area contributed by atoms with Crippen LogP contribution in [0.4, 0.5) is 0 Å². The zero-order valence-corrected chi connectivity index (χ0v) is 12.8. The molecular formula is C15H29NO3. The van der Waals surface area contributed by atoms with Crippen LogP contribution >= 0.6 is 0 Å². The van der Waals surface area contributed by atoms with E-state index in [9.17, 15) is 9.90 Å². The van der Waals surface area contributed by atoms with Crippen molar-refractivity contribution in [3.05, 3.63) is 0 Å². The molecular weight excluding hydrogens is 242 g/mol. The molecule has 1 aliphatic rings. The van der Waals surface area contributed by atoms with Gasteiger partial charge in [0.1, 0.15) is 0 Å². The van der Waals surface area contributed by atoms with E-state index >= 15 is 0 Å². The van der Waals surface area contributed by atoms with E-state index in [-0.39, 0.29) is 23.6 Å². The van der Waals surface area contributed by atoms with Crippen molar-refractivity contribution in [2.75, 3.05) is 6.54 Å². The summed E-state index contributed by atoms with van der Waals surface area (Å²) in [4.78, 5) is 12.9. The number of nitrogens with zero attached hydrogens (tertiary/aromatic N) is 1. The molecule has 0 saturated carbocycles. The molecule has 0 amide bonds. The summed E-state index contributed by atoms with van der Waals surface area (Å²) >= 11 is 0. The molecule has 4 nitrogen and oxygen atoms in total.